The molecule has 2 rings (SSSR count). The Morgan fingerprint density at radius 2 is 1.84 bits per heavy atom. The molecule has 0 amide bonds. The van der Waals surface area contributed by atoms with E-state index in [4.69, 9.17) is 9.47 Å². The van der Waals surface area contributed by atoms with E-state index in [1.165, 1.54) is 5.56 Å². The average molecular weight is 424 g/mol. The van der Waals surface area contributed by atoms with Gasteiger partial charge < -0.3 is 9.47 Å². The van der Waals surface area contributed by atoms with Gasteiger partial charge in [0, 0.05) is 37.0 Å². The predicted octanol–water partition coefficient (Wildman–Crippen LogP) is 5.09. The molecule has 0 unspecified atom stereocenters. The Morgan fingerprint density at radius 3 is 2.35 bits per heavy atom. The number of esters is 1. The molecular weight excluding hydrogens is 390 g/mol. The number of hydrogen-bond donors (Lipinski definition) is 0. The van der Waals surface area contributed by atoms with Gasteiger partial charge in [-0.3, -0.25) is 9.67 Å². The zero-order valence-electron chi connectivity index (χ0n) is 19.7. The summed E-state index contributed by atoms with van der Waals surface area (Å²) in [7, 11) is 1.72. The van der Waals surface area contributed by atoms with Crippen LogP contribution in [-0.2, 0) is 26.2 Å². The summed E-state index contributed by atoms with van der Waals surface area (Å²) in [5.41, 5.74) is 5.77. The van der Waals surface area contributed by atoms with Gasteiger partial charge in [0.05, 0.1) is 5.69 Å². The highest BCUT2D eigenvalue weighted by atomic mass is 16.7. The summed E-state index contributed by atoms with van der Waals surface area (Å²) < 4.78 is 13.0. The summed E-state index contributed by atoms with van der Waals surface area (Å²) in [5.74, 6) is 0.0161. The monoisotopic (exact) mass is 423 g/mol. The van der Waals surface area contributed by atoms with E-state index < -0.39 is 5.97 Å². The van der Waals surface area contributed by atoms with Crippen LogP contribution in [0.3, 0.4) is 0 Å². The molecule has 0 saturated carbocycles. The molecule has 31 heavy (non-hydrogen) atoms. The number of hydrogen-bond acceptors (Lipinski definition) is 5. The van der Waals surface area contributed by atoms with E-state index in [9.17, 15) is 4.79 Å². The topological polar surface area (TPSA) is 65.7 Å². The van der Waals surface area contributed by atoms with Crippen LogP contribution in [0.5, 0.6) is 0 Å². The van der Waals surface area contributed by atoms with Crippen LogP contribution in [0, 0.1) is 13.8 Å². The van der Waals surface area contributed by atoms with Gasteiger partial charge in [-0.15, -0.1) is 0 Å². The van der Waals surface area contributed by atoms with Gasteiger partial charge in [0.25, 0.3) is 0 Å². The van der Waals surface area contributed by atoms with Crippen LogP contribution in [-0.4, -0.2) is 35.8 Å². The number of nitrogens with zero attached hydrogens (tertiary/aromatic N) is 3. The van der Waals surface area contributed by atoms with Crippen LogP contribution >= 0.6 is 0 Å². The van der Waals surface area contributed by atoms with Crippen molar-refractivity contribution in [3.8, 4) is 0 Å². The standard InChI is InChI=1S/C25H33N3O3/c1-9-22(29)30-16-31-24(23-17(3)18(4)27-28(23)10-2)21(15-26-8)19-11-13-20(14-12-19)25(5,6)7/h9,11-15H,1,10,16H2,2-8H3/b24-21-,26-15-. The van der Waals surface area contributed by atoms with Crippen molar-refractivity contribution in [3.05, 3.63) is 65.0 Å². The number of rotatable bonds is 8. The highest BCUT2D eigenvalue weighted by Gasteiger charge is 2.22. The van der Waals surface area contributed by atoms with Crippen LogP contribution < -0.4 is 0 Å². The second-order valence-electron chi connectivity index (χ2n) is 8.26. The maximum absolute atomic E-state index is 11.5. The number of allylic oxidation sites excluding steroid dienone is 1. The summed E-state index contributed by atoms with van der Waals surface area (Å²) in [4.78, 5) is 15.8. The third kappa shape index (κ3) is 5.72. The maximum Gasteiger partial charge on any atom is 0.333 e. The first-order valence-electron chi connectivity index (χ1n) is 10.4. The smallest absolute Gasteiger partial charge is 0.333 e. The molecule has 1 aromatic heterocycles. The van der Waals surface area contributed by atoms with Gasteiger partial charge in [0.2, 0.25) is 6.79 Å². The van der Waals surface area contributed by atoms with Crippen molar-refractivity contribution < 1.29 is 14.3 Å². The van der Waals surface area contributed by atoms with Gasteiger partial charge in [0.1, 0.15) is 5.69 Å². The number of carbonyl (C=O) groups is 1. The Labute approximate surface area is 185 Å². The van der Waals surface area contributed by atoms with Crippen molar-refractivity contribution in [2.75, 3.05) is 13.8 Å². The van der Waals surface area contributed by atoms with Gasteiger partial charge in [-0.1, -0.05) is 51.6 Å². The Kier molecular flexibility index (Phi) is 7.97. The molecule has 0 fully saturated rings. The number of aryl methyl sites for hydroxylation is 2. The third-order valence-corrected chi connectivity index (χ3v) is 5.08. The molecule has 0 aliphatic rings. The highest BCUT2D eigenvalue weighted by Crippen LogP contribution is 2.31. The number of aliphatic imine (C=N–C) groups is 1. The van der Waals surface area contributed by atoms with Gasteiger partial charge in [-0.05, 0) is 37.3 Å². The van der Waals surface area contributed by atoms with Gasteiger partial charge in [-0.2, -0.15) is 5.10 Å². The molecule has 0 saturated heterocycles. The maximum atomic E-state index is 11.5. The Balaban J connectivity index is 2.68. The summed E-state index contributed by atoms with van der Waals surface area (Å²) in [6.45, 7) is 16.4. The lowest BCUT2D eigenvalue weighted by Crippen LogP contribution is -2.12. The second-order valence-corrected chi connectivity index (χ2v) is 8.26. The fraction of sp³-hybridized carbons (Fsp3) is 0.400. The zero-order valence-corrected chi connectivity index (χ0v) is 19.7. The first kappa shape index (κ1) is 24.1. The minimum atomic E-state index is -0.545. The van der Waals surface area contributed by atoms with E-state index in [-0.39, 0.29) is 12.2 Å². The lowest BCUT2D eigenvalue weighted by molar-refractivity contribution is -0.145. The molecular formula is C25H33N3O3. The minimum absolute atomic E-state index is 0.0496. The first-order valence-corrected chi connectivity index (χ1v) is 10.4. The number of carbonyl (C=O) groups excluding carboxylic acids is 1. The molecule has 166 valence electrons. The summed E-state index contributed by atoms with van der Waals surface area (Å²) >= 11 is 0. The number of aromatic nitrogens is 2. The molecule has 0 bridgehead atoms. The predicted molar refractivity (Wildman–Crippen MR) is 126 cm³/mol. The minimum Gasteiger partial charge on any atom is -0.454 e. The van der Waals surface area contributed by atoms with Crippen molar-refractivity contribution in [1.29, 1.82) is 0 Å². The van der Waals surface area contributed by atoms with E-state index in [1.807, 2.05) is 25.5 Å². The normalized spacial score (nSPS) is 12.6. The Morgan fingerprint density at radius 1 is 1.19 bits per heavy atom. The quantitative estimate of drug-likeness (QED) is 0.195. The molecule has 6 heteroatoms. The lowest BCUT2D eigenvalue weighted by Gasteiger charge is -2.20. The summed E-state index contributed by atoms with van der Waals surface area (Å²) in [5, 5.41) is 4.63. The van der Waals surface area contributed by atoms with Crippen LogP contribution in [0.2, 0.25) is 0 Å². The molecule has 0 atom stereocenters. The van der Waals surface area contributed by atoms with E-state index in [0.717, 1.165) is 34.2 Å². The molecule has 0 N–H and O–H groups in total. The Bertz CT molecular complexity index is 990. The van der Waals surface area contributed by atoms with Crippen molar-refractivity contribution in [2.45, 2.75) is 53.5 Å². The van der Waals surface area contributed by atoms with Gasteiger partial charge >= 0.3 is 5.97 Å². The van der Waals surface area contributed by atoms with Gasteiger partial charge in [0.15, 0.2) is 5.76 Å². The molecule has 0 radical (unpaired) electrons. The molecule has 2 aromatic rings. The third-order valence-electron chi connectivity index (χ3n) is 5.08. The van der Waals surface area contributed by atoms with Crippen molar-refractivity contribution in [1.82, 2.24) is 9.78 Å². The largest absolute Gasteiger partial charge is 0.454 e. The van der Waals surface area contributed by atoms with E-state index in [0.29, 0.717) is 12.3 Å². The SMILES string of the molecule is C=CC(=O)OCO/C(=C(/C=N\C)c1ccc(C(C)(C)C)cc1)c1c(C)c(C)nn1CC. The van der Waals surface area contributed by atoms with E-state index in [2.05, 4.69) is 61.7 Å². The lowest BCUT2D eigenvalue weighted by atomic mass is 9.86. The first-order chi connectivity index (χ1) is 14.6. The van der Waals surface area contributed by atoms with Crippen LogP contribution in [0.15, 0.2) is 41.9 Å². The van der Waals surface area contributed by atoms with Crippen LogP contribution in [0.1, 0.15) is 55.8 Å². The number of ether oxygens (including phenoxy) is 2. The molecule has 0 aliphatic heterocycles. The summed E-state index contributed by atoms with van der Waals surface area (Å²) in [6.07, 6.45) is 2.87. The van der Waals surface area contributed by atoms with Crippen LogP contribution in [0.4, 0.5) is 0 Å². The van der Waals surface area contributed by atoms with Crippen LogP contribution in [0.25, 0.3) is 11.3 Å². The molecule has 1 heterocycles. The van der Waals surface area contributed by atoms with Crippen molar-refractivity contribution in [2.24, 2.45) is 4.99 Å². The Hall–Kier alpha value is -3.15. The molecule has 1 aromatic carbocycles. The molecule has 0 spiro atoms. The van der Waals surface area contributed by atoms with E-state index in [1.54, 1.807) is 13.3 Å². The van der Waals surface area contributed by atoms with Gasteiger partial charge in [-0.25, -0.2) is 4.79 Å². The molecule has 0 aliphatic carbocycles. The molecule has 6 nitrogen and oxygen atoms in total. The second kappa shape index (κ2) is 10.2. The average Bonchev–Trinajstić information content (AvgIpc) is 3.03. The van der Waals surface area contributed by atoms with Crippen molar-refractivity contribution >= 4 is 23.5 Å². The van der Waals surface area contributed by atoms with E-state index >= 15 is 0 Å². The highest BCUT2D eigenvalue weighted by molar-refractivity contribution is 6.18. The fourth-order valence-electron chi connectivity index (χ4n) is 3.21. The summed E-state index contributed by atoms with van der Waals surface area (Å²) in [6, 6.07) is 8.35. The van der Waals surface area contributed by atoms with Crippen molar-refractivity contribution in [3.63, 3.8) is 0 Å². The fourth-order valence-corrected chi connectivity index (χ4v) is 3.21. The zero-order chi connectivity index (χ0) is 23.2. The number of benzene rings is 1.